The maximum atomic E-state index is 5.08. The third kappa shape index (κ3) is 2.53. The number of hydrogen-bond acceptors (Lipinski definition) is 3. The molecular formula is C18H22N2S. The first-order valence-electron chi connectivity index (χ1n) is 8.14. The monoisotopic (exact) mass is 298 g/mol. The number of thiazole rings is 1. The molecule has 2 nitrogen and oxygen atoms in total. The van der Waals surface area contributed by atoms with Crippen molar-refractivity contribution in [3.63, 3.8) is 0 Å². The molecule has 4 rings (SSSR count). The van der Waals surface area contributed by atoms with Crippen molar-refractivity contribution in [3.8, 4) is 0 Å². The zero-order chi connectivity index (χ0) is 14.2. The zero-order valence-electron chi connectivity index (χ0n) is 12.6. The molecule has 1 saturated carbocycles. The molecule has 2 aliphatic carbocycles. The minimum atomic E-state index is 0.541. The Morgan fingerprint density at radius 3 is 2.90 bits per heavy atom. The summed E-state index contributed by atoms with van der Waals surface area (Å²) < 4.78 is 0. The van der Waals surface area contributed by atoms with Crippen LogP contribution in [0.3, 0.4) is 0 Å². The van der Waals surface area contributed by atoms with E-state index in [4.69, 9.17) is 4.98 Å². The number of nitrogens with zero attached hydrogens (tertiary/aromatic N) is 1. The van der Waals surface area contributed by atoms with E-state index in [0.717, 1.165) is 19.0 Å². The number of benzene rings is 1. The van der Waals surface area contributed by atoms with Crippen LogP contribution in [0.25, 0.3) is 0 Å². The molecule has 2 aliphatic rings. The van der Waals surface area contributed by atoms with E-state index in [2.05, 4.69) is 36.5 Å². The van der Waals surface area contributed by atoms with Crippen LogP contribution in [0.5, 0.6) is 0 Å². The quantitative estimate of drug-likeness (QED) is 0.894. The lowest BCUT2D eigenvalue weighted by molar-refractivity contribution is 0.725. The van der Waals surface area contributed by atoms with Crippen molar-refractivity contribution in [2.45, 2.75) is 51.0 Å². The molecule has 0 amide bonds. The highest BCUT2D eigenvalue weighted by molar-refractivity contribution is 7.11. The molecule has 21 heavy (non-hydrogen) atoms. The third-order valence-electron chi connectivity index (χ3n) is 4.67. The van der Waals surface area contributed by atoms with Crippen molar-refractivity contribution in [1.29, 1.82) is 0 Å². The van der Waals surface area contributed by atoms with Crippen molar-refractivity contribution >= 4 is 11.3 Å². The lowest BCUT2D eigenvalue weighted by Crippen LogP contribution is -2.11. The first-order valence-corrected chi connectivity index (χ1v) is 8.96. The average molecular weight is 298 g/mol. The molecule has 1 unspecified atom stereocenters. The maximum absolute atomic E-state index is 5.08. The minimum Gasteiger partial charge on any atom is -0.312 e. The summed E-state index contributed by atoms with van der Waals surface area (Å²) >= 11 is 1.96. The zero-order valence-corrected chi connectivity index (χ0v) is 13.4. The summed E-state index contributed by atoms with van der Waals surface area (Å²) in [5, 5.41) is 4.84. The Bertz CT molecular complexity index is 642. The number of fused-ring (bicyclic) bond motifs is 1. The van der Waals surface area contributed by atoms with Gasteiger partial charge in [0, 0.05) is 23.3 Å². The molecule has 3 heteroatoms. The van der Waals surface area contributed by atoms with E-state index < -0.39 is 0 Å². The summed E-state index contributed by atoms with van der Waals surface area (Å²) in [5.41, 5.74) is 4.45. The van der Waals surface area contributed by atoms with Gasteiger partial charge in [-0.3, -0.25) is 0 Å². The molecule has 0 radical (unpaired) electrons. The molecule has 1 aromatic carbocycles. The molecular weight excluding hydrogens is 276 g/mol. The van der Waals surface area contributed by atoms with Crippen LogP contribution < -0.4 is 5.32 Å². The van der Waals surface area contributed by atoms with Gasteiger partial charge >= 0.3 is 0 Å². The number of rotatable bonds is 5. The van der Waals surface area contributed by atoms with Gasteiger partial charge in [-0.25, -0.2) is 4.98 Å². The van der Waals surface area contributed by atoms with E-state index >= 15 is 0 Å². The number of aromatic nitrogens is 1. The van der Waals surface area contributed by atoms with Crippen LogP contribution in [0.4, 0.5) is 0 Å². The predicted octanol–water partition coefficient (Wildman–Crippen LogP) is 4.21. The second-order valence-electron chi connectivity index (χ2n) is 6.21. The minimum absolute atomic E-state index is 0.541. The fraction of sp³-hybridized carbons (Fsp3) is 0.500. The Labute approximate surface area is 130 Å². The lowest BCUT2D eigenvalue weighted by atomic mass is 10.0. The molecule has 1 aromatic heterocycles. The maximum Gasteiger partial charge on any atom is 0.101 e. The largest absolute Gasteiger partial charge is 0.312 e. The fourth-order valence-corrected chi connectivity index (χ4v) is 4.66. The van der Waals surface area contributed by atoms with Gasteiger partial charge in [-0.2, -0.15) is 0 Å². The summed E-state index contributed by atoms with van der Waals surface area (Å²) in [5.74, 6) is 1.29. The molecule has 1 fully saturated rings. The third-order valence-corrected chi connectivity index (χ3v) is 5.86. The fourth-order valence-electron chi connectivity index (χ4n) is 3.39. The van der Waals surface area contributed by atoms with Gasteiger partial charge in [0.1, 0.15) is 5.01 Å². The van der Waals surface area contributed by atoms with E-state index in [-0.39, 0.29) is 0 Å². The highest BCUT2D eigenvalue weighted by atomic mass is 32.1. The van der Waals surface area contributed by atoms with E-state index in [1.165, 1.54) is 52.4 Å². The van der Waals surface area contributed by atoms with Gasteiger partial charge in [0.25, 0.3) is 0 Å². The summed E-state index contributed by atoms with van der Waals surface area (Å²) in [7, 11) is 0. The van der Waals surface area contributed by atoms with Gasteiger partial charge in [0.2, 0.25) is 0 Å². The van der Waals surface area contributed by atoms with Gasteiger partial charge in [0.05, 0.1) is 5.69 Å². The van der Waals surface area contributed by atoms with Crippen LogP contribution >= 0.6 is 11.3 Å². The SMILES string of the molecule is CCNCc1sc(C2CCc3ccccc32)nc1C1CC1. The topological polar surface area (TPSA) is 24.9 Å². The number of aryl methyl sites for hydroxylation is 1. The van der Waals surface area contributed by atoms with Crippen LogP contribution in [0.1, 0.15) is 64.7 Å². The molecule has 1 heterocycles. The Morgan fingerprint density at radius 2 is 2.10 bits per heavy atom. The van der Waals surface area contributed by atoms with Crippen LogP contribution in [0, 0.1) is 0 Å². The van der Waals surface area contributed by atoms with E-state index in [1.807, 2.05) is 11.3 Å². The van der Waals surface area contributed by atoms with Crippen LogP contribution in [-0.4, -0.2) is 11.5 Å². The van der Waals surface area contributed by atoms with Gasteiger partial charge < -0.3 is 5.32 Å². The van der Waals surface area contributed by atoms with Crippen molar-refractivity contribution in [2.75, 3.05) is 6.54 Å². The smallest absolute Gasteiger partial charge is 0.101 e. The van der Waals surface area contributed by atoms with Crippen molar-refractivity contribution in [1.82, 2.24) is 10.3 Å². The Morgan fingerprint density at radius 1 is 1.24 bits per heavy atom. The molecule has 0 aliphatic heterocycles. The highest BCUT2D eigenvalue weighted by Crippen LogP contribution is 2.46. The number of nitrogens with one attached hydrogen (secondary N) is 1. The Kier molecular flexibility index (Phi) is 3.56. The van der Waals surface area contributed by atoms with Crippen molar-refractivity contribution < 1.29 is 0 Å². The van der Waals surface area contributed by atoms with Crippen LogP contribution in [0.15, 0.2) is 24.3 Å². The van der Waals surface area contributed by atoms with E-state index in [0.29, 0.717) is 5.92 Å². The van der Waals surface area contributed by atoms with Gasteiger partial charge in [-0.15, -0.1) is 11.3 Å². The van der Waals surface area contributed by atoms with Gasteiger partial charge in [0.15, 0.2) is 0 Å². The van der Waals surface area contributed by atoms with E-state index in [1.54, 1.807) is 0 Å². The summed E-state index contributed by atoms with van der Waals surface area (Å²) in [6.07, 6.45) is 5.12. The van der Waals surface area contributed by atoms with Crippen molar-refractivity contribution in [3.05, 3.63) is 51.0 Å². The lowest BCUT2D eigenvalue weighted by Gasteiger charge is -2.07. The van der Waals surface area contributed by atoms with Crippen LogP contribution in [0.2, 0.25) is 0 Å². The van der Waals surface area contributed by atoms with E-state index in [9.17, 15) is 0 Å². The van der Waals surface area contributed by atoms with Crippen LogP contribution in [-0.2, 0) is 13.0 Å². The molecule has 0 saturated heterocycles. The molecule has 1 N–H and O–H groups in total. The first kappa shape index (κ1) is 13.5. The molecule has 1 atom stereocenters. The molecule has 0 spiro atoms. The van der Waals surface area contributed by atoms with Gasteiger partial charge in [-0.05, 0) is 43.4 Å². The van der Waals surface area contributed by atoms with Gasteiger partial charge in [-0.1, -0.05) is 31.2 Å². The second kappa shape index (κ2) is 5.54. The molecule has 110 valence electrons. The normalized spacial score (nSPS) is 20.7. The average Bonchev–Trinajstić information content (AvgIpc) is 3.13. The second-order valence-corrected chi connectivity index (χ2v) is 7.32. The number of hydrogen-bond donors (Lipinski definition) is 1. The molecule has 2 aromatic rings. The Balaban J connectivity index is 1.66. The highest BCUT2D eigenvalue weighted by Gasteiger charge is 2.32. The summed E-state index contributed by atoms with van der Waals surface area (Å²) in [4.78, 5) is 6.57. The summed E-state index contributed by atoms with van der Waals surface area (Å²) in [6.45, 7) is 4.20. The predicted molar refractivity (Wildman–Crippen MR) is 88.1 cm³/mol. The summed E-state index contributed by atoms with van der Waals surface area (Å²) in [6, 6.07) is 8.92. The first-order chi connectivity index (χ1) is 10.4. The van der Waals surface area contributed by atoms with Crippen molar-refractivity contribution in [2.24, 2.45) is 0 Å². The standard InChI is InChI=1S/C18H22N2S/c1-2-19-11-16-17(13-7-8-13)20-18(21-16)15-10-9-12-5-3-4-6-14(12)15/h3-6,13,15,19H,2,7-11H2,1H3. The molecule has 0 bridgehead atoms. The Hall–Kier alpha value is -1.19.